The van der Waals surface area contributed by atoms with Crippen molar-refractivity contribution in [1.29, 1.82) is 0 Å². The van der Waals surface area contributed by atoms with Crippen LogP contribution in [0.4, 0.5) is 4.79 Å². The van der Waals surface area contributed by atoms with Crippen LogP contribution in [0.15, 0.2) is 91.0 Å². The molecule has 6 atom stereocenters. The van der Waals surface area contributed by atoms with E-state index < -0.39 is 83.3 Å². The third-order valence-electron chi connectivity index (χ3n) is 9.95. The number of nitrogens with one attached hydrogen (secondary N) is 3. The highest BCUT2D eigenvalue weighted by molar-refractivity contribution is 6.38. The lowest BCUT2D eigenvalue weighted by molar-refractivity contribution is -0.159. The number of likely N-dealkylation sites (tertiary alicyclic amines) is 1. The molecule has 5 amide bonds. The summed E-state index contributed by atoms with van der Waals surface area (Å²) in [6.07, 6.45) is -1.58. The highest BCUT2D eigenvalue weighted by atomic mass is 16.6. The fraction of sp³-hybridized carbons (Fsp3) is 0.444. The summed E-state index contributed by atoms with van der Waals surface area (Å²) in [5, 5.41) is 7.97. The number of nitrogens with zero attached hydrogens (tertiary/aromatic N) is 1. The van der Waals surface area contributed by atoms with E-state index in [-0.39, 0.29) is 45.4 Å². The molecule has 3 aromatic rings. The van der Waals surface area contributed by atoms with E-state index in [1.54, 1.807) is 82.3 Å². The molecule has 15 heteroatoms. The van der Waals surface area contributed by atoms with Crippen LogP contribution in [-0.2, 0) is 62.6 Å². The molecule has 0 spiro atoms. The molecule has 4 rings (SSSR count). The molecule has 322 valence electrons. The summed E-state index contributed by atoms with van der Waals surface area (Å²) < 4.78 is 17.0. The molecule has 1 heterocycles. The van der Waals surface area contributed by atoms with Crippen molar-refractivity contribution in [3.8, 4) is 0 Å². The van der Waals surface area contributed by atoms with Crippen LogP contribution in [0, 0.1) is 5.92 Å². The maximum absolute atomic E-state index is 14.3. The third-order valence-corrected chi connectivity index (χ3v) is 9.95. The van der Waals surface area contributed by atoms with Gasteiger partial charge in [-0.1, -0.05) is 111 Å². The number of ketones is 1. The van der Waals surface area contributed by atoms with Gasteiger partial charge in [0, 0.05) is 25.8 Å². The van der Waals surface area contributed by atoms with Gasteiger partial charge in [-0.05, 0) is 49.8 Å². The second-order valence-corrected chi connectivity index (χ2v) is 15.9. The Labute approximate surface area is 351 Å². The number of alkyl carbamates (subject to hydrolysis) is 1. The predicted octanol–water partition coefficient (Wildman–Crippen LogP) is 3.90. The van der Waals surface area contributed by atoms with Gasteiger partial charge < -0.3 is 40.8 Å². The number of carbonyl (C=O) groups excluding carboxylic acids is 7. The van der Waals surface area contributed by atoms with Crippen LogP contribution in [0.25, 0.3) is 0 Å². The van der Waals surface area contributed by atoms with Crippen LogP contribution in [0.1, 0.15) is 77.0 Å². The quantitative estimate of drug-likeness (QED) is 0.0953. The fourth-order valence-electron chi connectivity index (χ4n) is 6.56. The summed E-state index contributed by atoms with van der Waals surface area (Å²) in [6.45, 7) is 8.49. The number of esters is 1. The number of hydrogen-bond donors (Lipinski definition) is 4. The van der Waals surface area contributed by atoms with Crippen LogP contribution in [0.5, 0.6) is 0 Å². The molecule has 3 aromatic carbocycles. The second kappa shape index (κ2) is 22.3. The van der Waals surface area contributed by atoms with E-state index in [2.05, 4.69) is 16.0 Å². The predicted molar refractivity (Wildman–Crippen MR) is 221 cm³/mol. The molecule has 1 fully saturated rings. The number of nitrogens with two attached hydrogens (primary N) is 1. The normalized spacial score (nSPS) is 17.0. The van der Waals surface area contributed by atoms with E-state index in [1.807, 2.05) is 43.3 Å². The van der Waals surface area contributed by atoms with E-state index in [4.69, 9.17) is 19.9 Å². The number of hydrogen-bond acceptors (Lipinski definition) is 10. The van der Waals surface area contributed by atoms with Gasteiger partial charge in [-0.15, -0.1) is 0 Å². The van der Waals surface area contributed by atoms with Gasteiger partial charge >= 0.3 is 12.1 Å². The molecule has 0 bridgehead atoms. The number of carbonyl (C=O) groups is 7. The van der Waals surface area contributed by atoms with E-state index in [1.165, 1.54) is 0 Å². The highest BCUT2D eigenvalue weighted by Crippen LogP contribution is 2.24. The largest absolute Gasteiger partial charge is 0.458 e. The maximum atomic E-state index is 14.3. The Morgan fingerprint density at radius 3 is 1.90 bits per heavy atom. The number of amides is 5. The molecule has 5 N–H and O–H groups in total. The summed E-state index contributed by atoms with van der Waals surface area (Å²) in [4.78, 5) is 95.7. The van der Waals surface area contributed by atoms with Gasteiger partial charge in [0.2, 0.25) is 23.5 Å². The van der Waals surface area contributed by atoms with E-state index in [9.17, 15) is 33.6 Å². The summed E-state index contributed by atoms with van der Waals surface area (Å²) in [5.74, 6) is -5.40. The molecule has 0 aliphatic carbocycles. The molecule has 0 aromatic heterocycles. The average Bonchev–Trinajstić information content (AvgIpc) is 3.66. The van der Waals surface area contributed by atoms with Crippen molar-refractivity contribution in [3.63, 3.8) is 0 Å². The van der Waals surface area contributed by atoms with Gasteiger partial charge in [0.1, 0.15) is 36.4 Å². The minimum atomic E-state index is -1.36. The van der Waals surface area contributed by atoms with Crippen molar-refractivity contribution in [1.82, 2.24) is 20.9 Å². The lowest BCUT2D eigenvalue weighted by Crippen LogP contribution is -2.58. The van der Waals surface area contributed by atoms with Gasteiger partial charge in [-0.2, -0.15) is 0 Å². The standard InChI is InChI=1S/C45H57N5O10/c1-6-29(2)38(41(54)47-34(22-23-37(46)51)43(56)60-45(3,4)5)49-40(53)36-25-33(58-27-31-18-12-8-13-19-31)26-50(36)42(55)39(52)35(24-30-16-10-7-11-17-30)48-44(57)59-28-32-20-14-9-15-21-32/h7-21,29,33-36,38H,6,22-28H2,1-5H3,(H2,46,51)(H,47,54)(H,48,57)(H,49,53)/t29-,33-,34-,35?,36-,38-/m0/s1. The Balaban J connectivity index is 1.59. The van der Waals surface area contributed by atoms with Gasteiger partial charge in [0.25, 0.3) is 5.91 Å². The minimum Gasteiger partial charge on any atom is -0.458 e. The zero-order chi connectivity index (χ0) is 43.8. The van der Waals surface area contributed by atoms with Crippen LogP contribution >= 0.6 is 0 Å². The summed E-state index contributed by atoms with van der Waals surface area (Å²) in [6, 6.07) is 22.0. The molecule has 1 aliphatic heterocycles. The average molecular weight is 828 g/mol. The number of Topliss-reactive ketones (excluding diaryl/α,β-unsaturated/α-hetero) is 1. The number of benzene rings is 3. The van der Waals surface area contributed by atoms with Crippen molar-refractivity contribution in [3.05, 3.63) is 108 Å². The van der Waals surface area contributed by atoms with Crippen LogP contribution in [0.2, 0.25) is 0 Å². The Kier molecular flexibility index (Phi) is 17.3. The van der Waals surface area contributed by atoms with Crippen LogP contribution < -0.4 is 21.7 Å². The SMILES string of the molecule is CC[C@H](C)[C@H](NC(=O)[C@@H]1C[C@H](OCc2ccccc2)CN1C(=O)C(=O)C(Cc1ccccc1)NC(=O)OCc1ccccc1)C(=O)N[C@@H](CCC(N)=O)C(=O)OC(C)(C)C. The Morgan fingerprint density at radius 1 is 0.783 bits per heavy atom. The van der Waals surface area contributed by atoms with E-state index in [0.717, 1.165) is 16.0 Å². The number of rotatable bonds is 20. The summed E-state index contributed by atoms with van der Waals surface area (Å²) >= 11 is 0. The first kappa shape index (κ1) is 46.6. The first-order valence-corrected chi connectivity index (χ1v) is 20.2. The third kappa shape index (κ3) is 14.6. The summed E-state index contributed by atoms with van der Waals surface area (Å²) in [7, 11) is 0. The minimum absolute atomic E-state index is 0.0123. The van der Waals surface area contributed by atoms with Crippen molar-refractivity contribution in [2.75, 3.05) is 6.54 Å². The van der Waals surface area contributed by atoms with Gasteiger partial charge in [0.15, 0.2) is 0 Å². The van der Waals surface area contributed by atoms with Crippen LogP contribution in [-0.4, -0.2) is 88.8 Å². The maximum Gasteiger partial charge on any atom is 0.408 e. The lowest BCUT2D eigenvalue weighted by Gasteiger charge is -2.30. The molecule has 60 heavy (non-hydrogen) atoms. The Morgan fingerprint density at radius 2 is 1.35 bits per heavy atom. The second-order valence-electron chi connectivity index (χ2n) is 15.9. The Bertz CT molecular complexity index is 1920. The summed E-state index contributed by atoms with van der Waals surface area (Å²) in [5.41, 5.74) is 6.69. The molecule has 1 saturated heterocycles. The Hall–Kier alpha value is -6.09. The molecule has 0 radical (unpaired) electrons. The number of ether oxygens (including phenoxy) is 3. The van der Waals surface area contributed by atoms with E-state index >= 15 is 0 Å². The highest BCUT2D eigenvalue weighted by Gasteiger charge is 2.45. The lowest BCUT2D eigenvalue weighted by atomic mass is 9.96. The molecular weight excluding hydrogens is 771 g/mol. The zero-order valence-electron chi connectivity index (χ0n) is 34.9. The number of primary amides is 1. The smallest absolute Gasteiger partial charge is 0.408 e. The fourth-order valence-corrected chi connectivity index (χ4v) is 6.56. The van der Waals surface area contributed by atoms with E-state index in [0.29, 0.717) is 12.0 Å². The first-order chi connectivity index (χ1) is 28.5. The first-order valence-electron chi connectivity index (χ1n) is 20.2. The van der Waals surface area contributed by atoms with Gasteiger partial charge in [-0.25, -0.2) is 9.59 Å². The van der Waals surface area contributed by atoms with Crippen molar-refractivity contribution < 1.29 is 47.8 Å². The van der Waals surface area contributed by atoms with Gasteiger partial charge in [-0.3, -0.25) is 24.0 Å². The molecule has 1 aliphatic rings. The van der Waals surface area contributed by atoms with Crippen molar-refractivity contribution in [2.45, 2.75) is 116 Å². The zero-order valence-corrected chi connectivity index (χ0v) is 34.9. The molecule has 0 saturated carbocycles. The molecular formula is C45H57N5O10. The van der Waals surface area contributed by atoms with Crippen molar-refractivity contribution >= 4 is 41.5 Å². The molecule has 1 unspecified atom stereocenters. The monoisotopic (exact) mass is 827 g/mol. The topological polar surface area (TPSA) is 213 Å². The van der Waals surface area contributed by atoms with Gasteiger partial charge in [0.05, 0.1) is 12.7 Å². The van der Waals surface area contributed by atoms with Crippen LogP contribution in [0.3, 0.4) is 0 Å². The molecule has 15 nitrogen and oxygen atoms in total. The van der Waals surface area contributed by atoms with Crippen molar-refractivity contribution in [2.24, 2.45) is 11.7 Å².